The lowest BCUT2D eigenvalue weighted by molar-refractivity contribution is -0.384. The second-order valence-corrected chi connectivity index (χ2v) is 7.60. The van der Waals surface area contributed by atoms with E-state index in [0.717, 1.165) is 11.3 Å². The van der Waals surface area contributed by atoms with Crippen LogP contribution >= 0.6 is 34.5 Å². The van der Waals surface area contributed by atoms with Gasteiger partial charge in [-0.1, -0.05) is 41.4 Å². The molecule has 0 bridgehead atoms. The number of hydrogen-bond acceptors (Lipinski definition) is 6. The Kier molecular flexibility index (Phi) is 5.83. The number of thiophene rings is 1. The number of halogens is 2. The number of nitro groups is 1. The average Bonchev–Trinajstić information content (AvgIpc) is 2.97. The molecular formula is C18H12Cl2N2O5S. The predicted molar refractivity (Wildman–Crippen MR) is 109 cm³/mol. The van der Waals surface area contributed by atoms with Crippen molar-refractivity contribution in [1.82, 2.24) is 0 Å². The third kappa shape index (κ3) is 4.09. The lowest BCUT2D eigenvalue weighted by Gasteiger charge is -2.09. The molecular weight excluding hydrogens is 427 g/mol. The topological polar surface area (TPSA) is 98.5 Å². The summed E-state index contributed by atoms with van der Waals surface area (Å²) in [5.74, 6) is -1.47. The number of amides is 1. The van der Waals surface area contributed by atoms with Crippen LogP contribution in [0.15, 0.2) is 36.4 Å². The molecule has 0 fully saturated rings. The Balaban J connectivity index is 1.71. The fourth-order valence-corrected chi connectivity index (χ4v) is 4.19. The zero-order valence-corrected chi connectivity index (χ0v) is 16.7. The molecule has 10 heteroatoms. The van der Waals surface area contributed by atoms with Crippen molar-refractivity contribution in [3.63, 3.8) is 0 Å². The van der Waals surface area contributed by atoms with Gasteiger partial charge in [0, 0.05) is 21.2 Å². The molecule has 0 atom stereocenters. The van der Waals surface area contributed by atoms with Crippen LogP contribution in [0.3, 0.4) is 0 Å². The number of para-hydroxylation sites is 1. The third-order valence-electron chi connectivity index (χ3n) is 3.82. The summed E-state index contributed by atoms with van der Waals surface area (Å²) in [6, 6.07) is 9.43. The summed E-state index contributed by atoms with van der Waals surface area (Å²) in [4.78, 5) is 35.1. The van der Waals surface area contributed by atoms with Gasteiger partial charge >= 0.3 is 5.97 Å². The van der Waals surface area contributed by atoms with Gasteiger partial charge in [-0.05, 0) is 24.6 Å². The molecule has 3 aromatic rings. The molecule has 0 aliphatic heterocycles. The Hall–Kier alpha value is -2.68. The van der Waals surface area contributed by atoms with Gasteiger partial charge in [0.25, 0.3) is 11.6 Å². The molecule has 0 aliphatic rings. The highest BCUT2D eigenvalue weighted by Gasteiger charge is 2.21. The van der Waals surface area contributed by atoms with E-state index in [0.29, 0.717) is 20.7 Å². The van der Waals surface area contributed by atoms with Crippen molar-refractivity contribution in [2.24, 2.45) is 0 Å². The van der Waals surface area contributed by atoms with Gasteiger partial charge in [-0.2, -0.15) is 0 Å². The zero-order chi connectivity index (χ0) is 20.4. The summed E-state index contributed by atoms with van der Waals surface area (Å²) >= 11 is 13.2. The molecule has 0 spiro atoms. The van der Waals surface area contributed by atoms with E-state index in [1.807, 2.05) is 0 Å². The molecule has 0 unspecified atom stereocenters. The molecule has 3 rings (SSSR count). The smallest absolute Gasteiger partial charge is 0.350 e. The number of carbonyl (C=O) groups excluding carboxylic acids is 2. The Bertz CT molecular complexity index is 1110. The number of ether oxygens (including phenoxy) is 1. The molecule has 0 saturated heterocycles. The second kappa shape index (κ2) is 8.14. The lowest BCUT2D eigenvalue weighted by Crippen LogP contribution is -2.21. The van der Waals surface area contributed by atoms with Crippen LogP contribution in [-0.2, 0) is 9.53 Å². The minimum Gasteiger partial charge on any atom is -0.451 e. The number of anilines is 1. The number of aryl methyl sites for hydroxylation is 1. The highest BCUT2D eigenvalue weighted by molar-refractivity contribution is 7.21. The van der Waals surface area contributed by atoms with Gasteiger partial charge in [0.2, 0.25) is 0 Å². The van der Waals surface area contributed by atoms with Gasteiger partial charge in [0.1, 0.15) is 10.6 Å². The average molecular weight is 439 g/mol. The van der Waals surface area contributed by atoms with Crippen molar-refractivity contribution in [1.29, 1.82) is 0 Å². The SMILES string of the molecule is Cc1cccc([N+](=O)[O-])c1NC(=O)COC(=O)c1sc2cc(Cl)ccc2c1Cl. The molecule has 28 heavy (non-hydrogen) atoms. The van der Waals surface area contributed by atoms with E-state index in [4.69, 9.17) is 27.9 Å². The standard InChI is InChI=1S/C18H12Cl2N2O5S/c1-9-3-2-4-12(22(25)26)16(9)21-14(23)8-27-18(24)17-15(20)11-6-5-10(19)7-13(11)28-17/h2-7H,8H2,1H3,(H,21,23). The Labute approximate surface area is 173 Å². The normalized spacial score (nSPS) is 10.7. The summed E-state index contributed by atoms with van der Waals surface area (Å²) < 4.78 is 5.73. The molecule has 1 amide bonds. The molecule has 0 saturated carbocycles. The van der Waals surface area contributed by atoms with Crippen molar-refractivity contribution in [2.75, 3.05) is 11.9 Å². The van der Waals surface area contributed by atoms with Crippen LogP contribution in [0.5, 0.6) is 0 Å². The number of nitrogens with one attached hydrogen (secondary N) is 1. The first-order valence-corrected chi connectivity index (χ1v) is 9.43. The lowest BCUT2D eigenvalue weighted by atomic mass is 10.1. The number of carbonyl (C=O) groups is 2. The van der Waals surface area contributed by atoms with E-state index in [2.05, 4.69) is 5.32 Å². The van der Waals surface area contributed by atoms with Crippen molar-refractivity contribution in [3.8, 4) is 0 Å². The van der Waals surface area contributed by atoms with Crippen LogP contribution in [0.25, 0.3) is 10.1 Å². The van der Waals surface area contributed by atoms with Gasteiger partial charge in [0.05, 0.1) is 9.95 Å². The molecule has 7 nitrogen and oxygen atoms in total. The van der Waals surface area contributed by atoms with Crippen LogP contribution in [0, 0.1) is 17.0 Å². The van der Waals surface area contributed by atoms with E-state index in [-0.39, 0.29) is 21.3 Å². The van der Waals surface area contributed by atoms with Crippen LogP contribution in [0.4, 0.5) is 11.4 Å². The molecule has 1 N–H and O–H groups in total. The van der Waals surface area contributed by atoms with Gasteiger partial charge < -0.3 is 10.1 Å². The van der Waals surface area contributed by atoms with E-state index >= 15 is 0 Å². The van der Waals surface area contributed by atoms with E-state index in [1.165, 1.54) is 12.1 Å². The minimum absolute atomic E-state index is 0.0584. The maximum Gasteiger partial charge on any atom is 0.350 e. The highest BCUT2D eigenvalue weighted by Crippen LogP contribution is 2.37. The molecule has 144 valence electrons. The number of nitrogens with zero attached hydrogens (tertiary/aromatic N) is 1. The Morgan fingerprint density at radius 1 is 1.25 bits per heavy atom. The summed E-state index contributed by atoms with van der Waals surface area (Å²) in [5.41, 5.74) is 0.325. The van der Waals surface area contributed by atoms with E-state index in [1.54, 1.807) is 31.2 Å². The van der Waals surface area contributed by atoms with Gasteiger partial charge in [-0.25, -0.2) is 4.79 Å². The number of benzene rings is 2. The maximum absolute atomic E-state index is 12.3. The quantitative estimate of drug-likeness (QED) is 0.334. The number of rotatable bonds is 5. The fraction of sp³-hybridized carbons (Fsp3) is 0.111. The third-order valence-corrected chi connectivity index (χ3v) is 5.70. The van der Waals surface area contributed by atoms with Crippen molar-refractivity contribution in [2.45, 2.75) is 6.92 Å². The van der Waals surface area contributed by atoms with Gasteiger partial charge in [-0.3, -0.25) is 14.9 Å². The van der Waals surface area contributed by atoms with Crippen molar-refractivity contribution in [3.05, 3.63) is 67.0 Å². The van der Waals surface area contributed by atoms with Crippen molar-refractivity contribution >= 4 is 67.9 Å². The molecule has 2 aromatic carbocycles. The zero-order valence-electron chi connectivity index (χ0n) is 14.3. The van der Waals surface area contributed by atoms with Crippen LogP contribution in [0.2, 0.25) is 10.0 Å². The number of esters is 1. The number of hydrogen-bond donors (Lipinski definition) is 1. The molecule has 1 aromatic heterocycles. The molecule has 0 radical (unpaired) electrons. The predicted octanol–water partition coefficient (Wildman–Crippen LogP) is 5.22. The summed E-state index contributed by atoms with van der Waals surface area (Å²) in [6.45, 7) is 1.01. The van der Waals surface area contributed by atoms with Crippen molar-refractivity contribution < 1.29 is 19.2 Å². The summed E-state index contributed by atoms with van der Waals surface area (Å²) in [5, 5.41) is 14.9. The summed E-state index contributed by atoms with van der Waals surface area (Å²) in [6.07, 6.45) is 0. The van der Waals surface area contributed by atoms with Gasteiger partial charge in [0.15, 0.2) is 6.61 Å². The van der Waals surface area contributed by atoms with Crippen LogP contribution in [-0.4, -0.2) is 23.4 Å². The first kappa shape index (κ1) is 20.1. The minimum atomic E-state index is -0.767. The molecule has 0 aliphatic carbocycles. The van der Waals surface area contributed by atoms with Gasteiger partial charge in [-0.15, -0.1) is 11.3 Å². The highest BCUT2D eigenvalue weighted by atomic mass is 35.5. The summed E-state index contributed by atoms with van der Waals surface area (Å²) in [7, 11) is 0. The van der Waals surface area contributed by atoms with Crippen LogP contribution in [0.1, 0.15) is 15.2 Å². The van der Waals surface area contributed by atoms with E-state index < -0.39 is 23.4 Å². The molecule has 1 heterocycles. The Morgan fingerprint density at radius 2 is 2.00 bits per heavy atom. The number of nitro benzene ring substituents is 1. The van der Waals surface area contributed by atoms with E-state index in [9.17, 15) is 19.7 Å². The monoisotopic (exact) mass is 438 g/mol. The largest absolute Gasteiger partial charge is 0.451 e. The maximum atomic E-state index is 12.3. The van der Waals surface area contributed by atoms with Crippen LogP contribution < -0.4 is 5.32 Å². The second-order valence-electron chi connectivity index (χ2n) is 5.74. The fourth-order valence-electron chi connectivity index (χ4n) is 2.51. The number of fused-ring (bicyclic) bond motifs is 1. The Morgan fingerprint density at radius 3 is 2.71 bits per heavy atom. The first-order valence-electron chi connectivity index (χ1n) is 7.86. The first-order chi connectivity index (χ1) is 13.3.